The molecular formula is C7H9N2+. The second kappa shape index (κ2) is 2.40. The Balaban J connectivity index is 2.98. The van der Waals surface area contributed by atoms with Crippen LogP contribution in [0.5, 0.6) is 0 Å². The van der Waals surface area contributed by atoms with Gasteiger partial charge in [-0.05, 0) is 0 Å². The van der Waals surface area contributed by atoms with E-state index in [1.165, 1.54) is 0 Å². The van der Waals surface area contributed by atoms with Crippen LogP contribution in [0.3, 0.4) is 0 Å². The maximum atomic E-state index is 3.87. The van der Waals surface area contributed by atoms with Crippen molar-refractivity contribution >= 4 is 12.4 Å². The van der Waals surface area contributed by atoms with Crippen molar-refractivity contribution < 1.29 is 4.58 Å². The van der Waals surface area contributed by atoms with Gasteiger partial charge in [-0.15, -0.1) is 0 Å². The fourth-order valence-electron chi connectivity index (χ4n) is 0.599. The third-order valence-electron chi connectivity index (χ3n) is 1.10. The van der Waals surface area contributed by atoms with Crippen LogP contribution in [-0.2, 0) is 0 Å². The Hall–Kier alpha value is -1.18. The highest BCUT2D eigenvalue weighted by Gasteiger charge is 1.94. The van der Waals surface area contributed by atoms with Gasteiger partial charge in [0, 0.05) is 24.5 Å². The van der Waals surface area contributed by atoms with Gasteiger partial charge in [0.1, 0.15) is 13.8 Å². The first-order valence-corrected chi connectivity index (χ1v) is 2.75. The maximum absolute atomic E-state index is 3.87. The molecular weight excluding hydrogens is 112 g/mol. The molecule has 0 aliphatic heterocycles. The molecule has 0 saturated carbocycles. The van der Waals surface area contributed by atoms with Crippen molar-refractivity contribution in [3.8, 4) is 0 Å². The smallest absolute Gasteiger partial charge is 0.207 e. The molecule has 0 N–H and O–H groups in total. The Kier molecular flexibility index (Phi) is 1.58. The Morgan fingerprint density at radius 3 is 2.33 bits per heavy atom. The van der Waals surface area contributed by atoms with Crippen molar-refractivity contribution in [2.24, 2.45) is 0 Å². The van der Waals surface area contributed by atoms with E-state index < -0.39 is 0 Å². The number of rotatable bonds is 1. The van der Waals surface area contributed by atoms with Gasteiger partial charge in [-0.25, -0.2) is 4.58 Å². The van der Waals surface area contributed by atoms with Crippen LogP contribution in [0.15, 0.2) is 24.5 Å². The second-order valence-corrected chi connectivity index (χ2v) is 1.90. The van der Waals surface area contributed by atoms with Crippen molar-refractivity contribution in [3.63, 3.8) is 0 Å². The lowest BCUT2D eigenvalue weighted by atomic mass is 10.4. The van der Waals surface area contributed by atoms with E-state index in [-0.39, 0.29) is 0 Å². The van der Waals surface area contributed by atoms with Gasteiger partial charge in [0.05, 0.1) is 0 Å². The Labute approximate surface area is 54.5 Å². The van der Waals surface area contributed by atoms with Gasteiger partial charge in [-0.2, -0.15) is 0 Å². The normalized spacial score (nSPS) is 9.00. The molecule has 9 heavy (non-hydrogen) atoms. The maximum Gasteiger partial charge on any atom is 0.207 e. The molecule has 1 rings (SSSR count). The predicted molar refractivity (Wildman–Crippen MR) is 37.2 cm³/mol. The third-order valence-corrected chi connectivity index (χ3v) is 1.10. The van der Waals surface area contributed by atoms with E-state index in [1.807, 2.05) is 19.2 Å². The zero-order valence-corrected chi connectivity index (χ0v) is 5.41. The molecule has 0 bridgehead atoms. The predicted octanol–water partition coefficient (Wildman–Crippen LogP) is 1.06. The molecule has 0 saturated heterocycles. The fraction of sp³-hybridized carbons (Fsp3) is 0.143. The molecule has 0 atom stereocenters. The fourth-order valence-corrected chi connectivity index (χ4v) is 0.599. The van der Waals surface area contributed by atoms with Gasteiger partial charge in [0.15, 0.2) is 0 Å². The lowest BCUT2D eigenvalue weighted by molar-refractivity contribution is -0.394. The summed E-state index contributed by atoms with van der Waals surface area (Å²) in [6.07, 6.45) is 3.49. The van der Waals surface area contributed by atoms with Crippen molar-refractivity contribution in [3.05, 3.63) is 24.5 Å². The Morgan fingerprint density at radius 2 is 2.00 bits per heavy atom. The minimum absolute atomic E-state index is 1.07. The van der Waals surface area contributed by atoms with Crippen LogP contribution in [0, 0.1) is 0 Å². The molecule has 1 heterocycles. The van der Waals surface area contributed by atoms with Gasteiger partial charge in [0.2, 0.25) is 5.69 Å². The minimum atomic E-state index is 1.07. The van der Waals surface area contributed by atoms with Crippen molar-refractivity contribution in [1.29, 1.82) is 0 Å². The van der Waals surface area contributed by atoms with Crippen molar-refractivity contribution in [2.45, 2.75) is 0 Å². The first-order valence-electron chi connectivity index (χ1n) is 2.75. The molecule has 2 nitrogen and oxygen atoms in total. The quantitative estimate of drug-likeness (QED) is 0.400. The zero-order chi connectivity index (χ0) is 6.69. The molecule has 0 aliphatic rings. The summed E-state index contributed by atoms with van der Waals surface area (Å²) in [5.74, 6) is 0. The number of nitrogens with zero attached hydrogens (tertiary/aromatic N) is 2. The summed E-state index contributed by atoms with van der Waals surface area (Å²) in [5, 5.41) is 0. The lowest BCUT2D eigenvalue weighted by Gasteiger charge is -1.88. The van der Waals surface area contributed by atoms with Gasteiger partial charge >= 0.3 is 0 Å². The number of aromatic nitrogens is 1. The van der Waals surface area contributed by atoms with E-state index in [9.17, 15) is 0 Å². The summed E-state index contributed by atoms with van der Waals surface area (Å²) in [7, 11) is 1.90. The first-order chi connectivity index (χ1) is 4.30. The van der Waals surface area contributed by atoms with Gasteiger partial charge in [-0.1, -0.05) is 0 Å². The lowest BCUT2D eigenvalue weighted by Crippen LogP contribution is -1.90. The van der Waals surface area contributed by atoms with Crippen LogP contribution in [0.25, 0.3) is 0 Å². The highest BCUT2D eigenvalue weighted by atomic mass is 14.9. The number of hydrogen-bond acceptors (Lipinski definition) is 1. The molecule has 46 valence electrons. The minimum Gasteiger partial charge on any atom is -0.264 e. The molecule has 1 aromatic heterocycles. The molecule has 0 aliphatic carbocycles. The molecule has 0 unspecified atom stereocenters. The summed E-state index contributed by atoms with van der Waals surface area (Å²) in [6.45, 7) is 3.71. The number of pyridine rings is 1. The number of hydrogen-bond donors (Lipinski definition) is 0. The van der Waals surface area contributed by atoms with Crippen molar-refractivity contribution in [1.82, 2.24) is 4.98 Å². The first kappa shape index (κ1) is 5.95. The van der Waals surface area contributed by atoms with Gasteiger partial charge in [0.25, 0.3) is 0 Å². The molecule has 2 heteroatoms. The summed E-state index contributed by atoms with van der Waals surface area (Å²) in [4.78, 5) is 3.87. The van der Waals surface area contributed by atoms with Crippen LogP contribution in [-0.4, -0.2) is 23.3 Å². The molecule has 0 aromatic carbocycles. The third kappa shape index (κ3) is 1.35. The molecule has 0 fully saturated rings. The molecule has 0 radical (unpaired) electrons. The van der Waals surface area contributed by atoms with Gasteiger partial charge in [-0.3, -0.25) is 4.98 Å². The largest absolute Gasteiger partial charge is 0.264 e. The van der Waals surface area contributed by atoms with Crippen LogP contribution < -0.4 is 0 Å². The van der Waals surface area contributed by atoms with Crippen molar-refractivity contribution in [2.75, 3.05) is 7.05 Å². The highest BCUT2D eigenvalue weighted by Crippen LogP contribution is 2.03. The monoisotopic (exact) mass is 121 g/mol. The summed E-state index contributed by atoms with van der Waals surface area (Å²) >= 11 is 0. The Bertz CT molecular complexity index is 203. The van der Waals surface area contributed by atoms with E-state index >= 15 is 0 Å². The average molecular weight is 121 g/mol. The molecule has 0 amide bonds. The summed E-state index contributed by atoms with van der Waals surface area (Å²) < 4.78 is 1.79. The van der Waals surface area contributed by atoms with Crippen LogP contribution in [0.1, 0.15) is 0 Å². The van der Waals surface area contributed by atoms with E-state index in [0.717, 1.165) is 5.69 Å². The van der Waals surface area contributed by atoms with Crippen LogP contribution >= 0.6 is 0 Å². The molecule has 0 spiro atoms. The van der Waals surface area contributed by atoms with E-state index in [4.69, 9.17) is 0 Å². The zero-order valence-electron chi connectivity index (χ0n) is 5.41. The Morgan fingerprint density at radius 1 is 1.44 bits per heavy atom. The second-order valence-electron chi connectivity index (χ2n) is 1.90. The van der Waals surface area contributed by atoms with E-state index in [0.29, 0.717) is 0 Å². The van der Waals surface area contributed by atoms with Crippen LogP contribution in [0.4, 0.5) is 5.69 Å². The van der Waals surface area contributed by atoms with E-state index in [2.05, 4.69) is 11.7 Å². The van der Waals surface area contributed by atoms with Gasteiger partial charge < -0.3 is 0 Å². The summed E-state index contributed by atoms with van der Waals surface area (Å²) in [5.41, 5.74) is 1.07. The summed E-state index contributed by atoms with van der Waals surface area (Å²) in [6, 6.07) is 3.82. The standard InChI is InChI=1S/C7H9N2/c1-9(2)7-3-5-8-6-4-7/h3-6H,1H2,2H3/q+1. The molecule has 1 aromatic rings. The topological polar surface area (TPSA) is 15.9 Å². The highest BCUT2D eigenvalue weighted by molar-refractivity contribution is 5.30. The van der Waals surface area contributed by atoms with E-state index in [1.54, 1.807) is 17.0 Å². The van der Waals surface area contributed by atoms with Crippen LogP contribution in [0.2, 0.25) is 0 Å². The SMILES string of the molecule is C=[N+](C)c1ccncc1. The average Bonchev–Trinajstić information content (AvgIpc) is 1.90.